The van der Waals surface area contributed by atoms with Gasteiger partial charge >= 0.3 is 0 Å². The summed E-state index contributed by atoms with van der Waals surface area (Å²) < 4.78 is 8.93. The van der Waals surface area contributed by atoms with Crippen LogP contribution < -0.4 is 0 Å². The number of furan rings is 1. The van der Waals surface area contributed by atoms with E-state index in [1.165, 1.54) is 37.7 Å². The van der Waals surface area contributed by atoms with Gasteiger partial charge in [0.05, 0.1) is 0 Å². The molecule has 0 N–H and O–H groups in total. The number of hydrogen-bond acceptors (Lipinski definition) is 5. The van der Waals surface area contributed by atoms with Crippen molar-refractivity contribution in [3.63, 3.8) is 0 Å². The first-order valence-electron chi connectivity index (χ1n) is 20.7. The highest BCUT2D eigenvalue weighted by molar-refractivity contribution is 7.26. The van der Waals surface area contributed by atoms with Crippen LogP contribution in [0.3, 0.4) is 0 Å². The fraction of sp³-hybridized carbons (Fsp3) is 0. The van der Waals surface area contributed by atoms with E-state index in [0.29, 0.717) is 17.5 Å². The molecule has 12 aromatic rings. The number of nitrogens with zero attached hydrogens (tertiary/aromatic N) is 3. The molecule has 290 valence electrons. The van der Waals surface area contributed by atoms with Crippen LogP contribution in [0, 0.1) is 0 Å². The van der Waals surface area contributed by atoms with Gasteiger partial charge in [-0.05, 0) is 74.8 Å². The van der Waals surface area contributed by atoms with E-state index >= 15 is 0 Å². The van der Waals surface area contributed by atoms with Gasteiger partial charge in [0, 0.05) is 47.6 Å². The first kappa shape index (κ1) is 35.9. The largest absolute Gasteiger partial charge is 0.456 e. The molecule has 0 fully saturated rings. The van der Waals surface area contributed by atoms with Crippen molar-refractivity contribution in [2.75, 3.05) is 0 Å². The SMILES string of the molecule is c1ccc(-c2ccc(-c3ccc(-c4ccc(-c5nc(-c6ccc7c(c6)oc6cccc(-c8ccccc8)c67)nc(-c6cccc7c6sc6ccccc67)n5)cc4)cc3)cc2)cc1. The molecule has 5 heteroatoms. The summed E-state index contributed by atoms with van der Waals surface area (Å²) >= 11 is 1.77. The maximum absolute atomic E-state index is 6.54. The summed E-state index contributed by atoms with van der Waals surface area (Å²) in [5, 5.41) is 4.58. The summed E-state index contributed by atoms with van der Waals surface area (Å²) in [5.74, 6) is 1.83. The van der Waals surface area contributed by atoms with Crippen LogP contribution in [0.4, 0.5) is 0 Å². The second-order valence-corrected chi connectivity index (χ2v) is 16.6. The summed E-state index contributed by atoms with van der Waals surface area (Å²) in [6, 6.07) is 74.6. The maximum Gasteiger partial charge on any atom is 0.165 e. The number of aromatic nitrogens is 3. The monoisotopic (exact) mass is 809 g/mol. The van der Waals surface area contributed by atoms with Crippen LogP contribution in [0.25, 0.3) is 121 Å². The lowest BCUT2D eigenvalue weighted by Gasteiger charge is -2.10. The molecule has 62 heavy (non-hydrogen) atoms. The van der Waals surface area contributed by atoms with Crippen molar-refractivity contribution in [3.8, 4) is 78.7 Å². The Balaban J connectivity index is 0.927. The van der Waals surface area contributed by atoms with E-state index < -0.39 is 0 Å². The summed E-state index contributed by atoms with van der Waals surface area (Å²) in [6.45, 7) is 0. The van der Waals surface area contributed by atoms with E-state index in [1.807, 2.05) is 18.2 Å². The highest BCUT2D eigenvalue weighted by Crippen LogP contribution is 2.41. The topological polar surface area (TPSA) is 51.8 Å². The van der Waals surface area contributed by atoms with E-state index in [1.54, 1.807) is 11.3 Å². The molecule has 0 aliphatic heterocycles. The lowest BCUT2D eigenvalue weighted by molar-refractivity contribution is 0.669. The third-order valence-corrected chi connectivity index (χ3v) is 13.0. The average Bonchev–Trinajstić information content (AvgIpc) is 3.93. The quantitative estimate of drug-likeness (QED) is 0.161. The molecule has 0 amide bonds. The van der Waals surface area contributed by atoms with Crippen LogP contribution in [0.2, 0.25) is 0 Å². The lowest BCUT2D eigenvalue weighted by Crippen LogP contribution is -2.00. The van der Waals surface area contributed by atoms with Crippen LogP contribution in [0.5, 0.6) is 0 Å². The number of thiophene rings is 1. The Kier molecular flexibility index (Phi) is 8.65. The predicted octanol–water partition coefficient (Wildman–Crippen LogP) is 15.8. The maximum atomic E-state index is 6.54. The second-order valence-electron chi connectivity index (χ2n) is 15.5. The van der Waals surface area contributed by atoms with Gasteiger partial charge in [-0.15, -0.1) is 11.3 Å². The number of fused-ring (bicyclic) bond motifs is 6. The smallest absolute Gasteiger partial charge is 0.165 e. The molecule has 12 rings (SSSR count). The van der Waals surface area contributed by atoms with Crippen LogP contribution in [-0.2, 0) is 0 Å². The van der Waals surface area contributed by atoms with Gasteiger partial charge in [0.25, 0.3) is 0 Å². The summed E-state index contributed by atoms with van der Waals surface area (Å²) in [5.41, 5.74) is 13.8. The Morgan fingerprint density at radius 1 is 0.306 bits per heavy atom. The molecule has 9 aromatic carbocycles. The van der Waals surface area contributed by atoms with Crippen molar-refractivity contribution in [1.82, 2.24) is 15.0 Å². The Morgan fingerprint density at radius 2 is 0.790 bits per heavy atom. The van der Waals surface area contributed by atoms with Gasteiger partial charge in [-0.1, -0.05) is 182 Å². The van der Waals surface area contributed by atoms with Gasteiger partial charge in [0.15, 0.2) is 17.5 Å². The molecule has 3 heterocycles. The van der Waals surface area contributed by atoms with E-state index in [2.05, 4.69) is 194 Å². The molecule has 0 atom stereocenters. The molecule has 0 saturated heterocycles. The van der Waals surface area contributed by atoms with Crippen LogP contribution in [0.1, 0.15) is 0 Å². The minimum atomic E-state index is 0.588. The van der Waals surface area contributed by atoms with Gasteiger partial charge < -0.3 is 4.42 Å². The minimum Gasteiger partial charge on any atom is -0.456 e. The highest BCUT2D eigenvalue weighted by Gasteiger charge is 2.19. The second kappa shape index (κ2) is 14.9. The minimum absolute atomic E-state index is 0.588. The zero-order chi connectivity index (χ0) is 41.0. The third-order valence-electron chi connectivity index (χ3n) is 11.8. The molecule has 0 radical (unpaired) electrons. The van der Waals surface area contributed by atoms with E-state index in [0.717, 1.165) is 65.6 Å². The van der Waals surface area contributed by atoms with Gasteiger partial charge in [-0.3, -0.25) is 0 Å². The van der Waals surface area contributed by atoms with Gasteiger partial charge in [0.2, 0.25) is 0 Å². The molecule has 0 bridgehead atoms. The first-order valence-corrected chi connectivity index (χ1v) is 21.6. The van der Waals surface area contributed by atoms with Crippen LogP contribution in [-0.4, -0.2) is 15.0 Å². The molecule has 0 saturated carbocycles. The van der Waals surface area contributed by atoms with Gasteiger partial charge in [-0.25, -0.2) is 15.0 Å². The molecule has 4 nitrogen and oxygen atoms in total. The van der Waals surface area contributed by atoms with Gasteiger partial charge in [0.1, 0.15) is 11.2 Å². The fourth-order valence-electron chi connectivity index (χ4n) is 8.65. The van der Waals surface area contributed by atoms with E-state index in [4.69, 9.17) is 19.4 Å². The average molecular weight is 810 g/mol. The predicted molar refractivity (Wildman–Crippen MR) is 258 cm³/mol. The van der Waals surface area contributed by atoms with E-state index in [9.17, 15) is 0 Å². The Bertz CT molecular complexity index is 3590. The van der Waals surface area contributed by atoms with Crippen molar-refractivity contribution in [3.05, 3.63) is 212 Å². The highest BCUT2D eigenvalue weighted by atomic mass is 32.1. The Labute approximate surface area is 362 Å². The number of hydrogen-bond donors (Lipinski definition) is 0. The molecule has 0 unspecified atom stereocenters. The summed E-state index contributed by atoms with van der Waals surface area (Å²) in [7, 11) is 0. The standard InChI is InChI=1S/C57H35N3OS/c1-3-11-36(12-4-1)37-21-23-38(24-22-37)39-25-27-40(28-26-39)41-29-31-43(32-30-41)55-58-56(60-57(59-55)49-18-9-17-47-46-15-7-8-20-52(46)62-54(47)49)44-33-34-48-51(35-44)61-50-19-10-16-45(53(48)50)42-13-5-2-6-14-42/h1-35H. The summed E-state index contributed by atoms with van der Waals surface area (Å²) in [4.78, 5) is 15.6. The Morgan fingerprint density at radius 3 is 1.45 bits per heavy atom. The molecule has 0 spiro atoms. The van der Waals surface area contributed by atoms with Crippen molar-refractivity contribution in [2.24, 2.45) is 0 Å². The van der Waals surface area contributed by atoms with Crippen molar-refractivity contribution >= 4 is 53.4 Å². The zero-order valence-electron chi connectivity index (χ0n) is 33.4. The van der Waals surface area contributed by atoms with Gasteiger partial charge in [-0.2, -0.15) is 0 Å². The van der Waals surface area contributed by atoms with Crippen LogP contribution >= 0.6 is 11.3 Å². The fourth-order valence-corrected chi connectivity index (χ4v) is 9.87. The van der Waals surface area contributed by atoms with Crippen molar-refractivity contribution in [2.45, 2.75) is 0 Å². The lowest BCUT2D eigenvalue weighted by atomic mass is 9.97. The Hall–Kier alpha value is -7.99. The summed E-state index contributed by atoms with van der Waals surface area (Å²) in [6.07, 6.45) is 0. The van der Waals surface area contributed by atoms with Crippen LogP contribution in [0.15, 0.2) is 217 Å². The number of benzene rings is 9. The molecule has 3 aromatic heterocycles. The molecule has 0 aliphatic rings. The van der Waals surface area contributed by atoms with Crippen molar-refractivity contribution < 1.29 is 4.42 Å². The van der Waals surface area contributed by atoms with E-state index in [-0.39, 0.29) is 0 Å². The number of rotatable bonds is 7. The first-order chi connectivity index (χ1) is 30.7. The molecular formula is C57H35N3OS. The zero-order valence-corrected chi connectivity index (χ0v) is 34.2. The molecule has 0 aliphatic carbocycles. The third kappa shape index (κ3) is 6.35. The molecular weight excluding hydrogens is 775 g/mol. The normalized spacial score (nSPS) is 11.5. The van der Waals surface area contributed by atoms with Crippen molar-refractivity contribution in [1.29, 1.82) is 0 Å².